The highest BCUT2D eigenvalue weighted by atomic mass is 19.1. The maximum absolute atomic E-state index is 13.9. The Morgan fingerprint density at radius 3 is 2.87 bits per heavy atom. The van der Waals surface area contributed by atoms with Crippen molar-refractivity contribution in [3.05, 3.63) is 76.0 Å². The molecule has 6 heteroatoms. The number of benzene rings is 1. The first-order valence-corrected chi connectivity index (χ1v) is 7.37. The molecule has 1 aromatic carbocycles. The van der Waals surface area contributed by atoms with E-state index in [1.165, 1.54) is 12.1 Å². The molecule has 1 aliphatic rings. The van der Waals surface area contributed by atoms with Gasteiger partial charge in [0, 0.05) is 11.9 Å². The Kier molecular flexibility index (Phi) is 2.87. The van der Waals surface area contributed by atoms with E-state index in [0.29, 0.717) is 22.8 Å². The number of hydrogen-bond acceptors (Lipinski definition) is 2. The summed E-state index contributed by atoms with van der Waals surface area (Å²) in [5, 5.41) is 12.8. The monoisotopic (exact) mass is 310 g/mol. The highest BCUT2D eigenvalue weighted by molar-refractivity contribution is 6.11. The molecule has 3 heterocycles. The predicted molar refractivity (Wildman–Crippen MR) is 84.3 cm³/mol. The maximum Gasteiger partial charge on any atom is 0.244 e. The number of aromatic amines is 1. The molecule has 0 radical (unpaired) electrons. The molecule has 4 rings (SSSR count). The van der Waals surface area contributed by atoms with E-state index in [9.17, 15) is 9.60 Å². The van der Waals surface area contributed by atoms with Gasteiger partial charge in [-0.15, -0.1) is 0 Å². The first-order chi connectivity index (χ1) is 11.1. The summed E-state index contributed by atoms with van der Waals surface area (Å²) in [7, 11) is 0. The van der Waals surface area contributed by atoms with Gasteiger partial charge in [-0.25, -0.2) is 9.37 Å². The number of hydrogen-bond donors (Lipinski definition) is 1. The van der Waals surface area contributed by atoms with Crippen LogP contribution in [0.15, 0.2) is 36.5 Å². The van der Waals surface area contributed by atoms with Crippen molar-refractivity contribution >= 4 is 5.71 Å². The highest BCUT2D eigenvalue weighted by Crippen LogP contribution is 2.27. The van der Waals surface area contributed by atoms with E-state index in [2.05, 4.69) is 9.97 Å². The SMILES string of the molecule is Cc1nc2n(c1C)-c1ccc(F)cc1C(c1ccc[nH]1)=[N+]([O-])C2. The summed E-state index contributed by atoms with van der Waals surface area (Å²) >= 11 is 0. The fourth-order valence-electron chi connectivity index (χ4n) is 3.10. The lowest BCUT2D eigenvalue weighted by Gasteiger charge is -2.11. The van der Waals surface area contributed by atoms with Crippen LogP contribution in [0.25, 0.3) is 5.69 Å². The van der Waals surface area contributed by atoms with E-state index in [1.807, 2.05) is 24.5 Å². The largest absolute Gasteiger partial charge is 0.623 e. The predicted octanol–water partition coefficient (Wildman–Crippen LogP) is 2.82. The summed E-state index contributed by atoms with van der Waals surface area (Å²) in [6, 6.07) is 8.13. The molecule has 0 bridgehead atoms. The fourth-order valence-corrected chi connectivity index (χ4v) is 3.10. The van der Waals surface area contributed by atoms with Crippen molar-refractivity contribution in [2.45, 2.75) is 20.4 Å². The Bertz CT molecular complexity index is 938. The second-order valence-electron chi connectivity index (χ2n) is 5.66. The van der Waals surface area contributed by atoms with Crippen LogP contribution in [-0.4, -0.2) is 25.0 Å². The zero-order valence-corrected chi connectivity index (χ0v) is 12.8. The van der Waals surface area contributed by atoms with Gasteiger partial charge in [0.2, 0.25) is 12.3 Å². The second-order valence-corrected chi connectivity index (χ2v) is 5.66. The minimum absolute atomic E-state index is 0.110. The van der Waals surface area contributed by atoms with Crippen molar-refractivity contribution in [2.24, 2.45) is 0 Å². The number of fused-ring (bicyclic) bond motifs is 3. The average molecular weight is 310 g/mol. The van der Waals surface area contributed by atoms with Crippen molar-refractivity contribution < 1.29 is 9.13 Å². The number of nitrogens with zero attached hydrogens (tertiary/aromatic N) is 3. The standard InChI is InChI=1S/C17H15FN4O/c1-10-11(2)22-15-6-5-12(18)8-13(15)17(14-4-3-7-19-14)21(23)9-16(22)20-10/h3-8,19H,9H2,1-2H3. The van der Waals surface area contributed by atoms with E-state index in [-0.39, 0.29) is 12.4 Å². The van der Waals surface area contributed by atoms with E-state index in [1.54, 1.807) is 18.3 Å². The summed E-state index contributed by atoms with van der Waals surface area (Å²) in [6.45, 7) is 3.97. The topological polar surface area (TPSA) is 59.7 Å². The number of halogens is 1. The van der Waals surface area contributed by atoms with E-state index >= 15 is 0 Å². The number of aromatic nitrogens is 3. The molecule has 2 aromatic heterocycles. The van der Waals surface area contributed by atoms with Gasteiger partial charge >= 0.3 is 0 Å². The summed E-state index contributed by atoms with van der Waals surface area (Å²) in [5.74, 6) is 0.281. The summed E-state index contributed by atoms with van der Waals surface area (Å²) in [5.41, 5.74) is 4.23. The molecule has 0 saturated carbocycles. The quantitative estimate of drug-likeness (QED) is 0.555. The molecule has 0 atom stereocenters. The molecular weight excluding hydrogens is 295 g/mol. The lowest BCUT2D eigenvalue weighted by molar-refractivity contribution is -0.475. The van der Waals surface area contributed by atoms with E-state index in [0.717, 1.165) is 21.8 Å². The Morgan fingerprint density at radius 2 is 2.13 bits per heavy atom. The van der Waals surface area contributed by atoms with Crippen molar-refractivity contribution in [2.75, 3.05) is 0 Å². The van der Waals surface area contributed by atoms with Crippen LogP contribution in [0.5, 0.6) is 0 Å². The van der Waals surface area contributed by atoms with Gasteiger partial charge in [0.05, 0.1) is 16.9 Å². The Hall–Kier alpha value is -2.89. The van der Waals surface area contributed by atoms with Crippen LogP contribution in [0.3, 0.4) is 0 Å². The van der Waals surface area contributed by atoms with Crippen LogP contribution < -0.4 is 0 Å². The van der Waals surface area contributed by atoms with Crippen LogP contribution in [0, 0.1) is 24.9 Å². The second kappa shape index (κ2) is 4.81. The number of aryl methyl sites for hydroxylation is 1. The Labute approximate surface area is 132 Å². The third-order valence-corrected chi connectivity index (χ3v) is 4.26. The molecule has 0 aliphatic carbocycles. The molecule has 0 fully saturated rings. The van der Waals surface area contributed by atoms with Gasteiger partial charge in [-0.2, -0.15) is 4.74 Å². The van der Waals surface area contributed by atoms with Crippen LogP contribution in [0.1, 0.15) is 28.5 Å². The van der Waals surface area contributed by atoms with Crippen LogP contribution in [0.2, 0.25) is 0 Å². The van der Waals surface area contributed by atoms with Gasteiger partial charge < -0.3 is 10.2 Å². The number of H-pyrrole nitrogens is 1. The summed E-state index contributed by atoms with van der Waals surface area (Å²) in [4.78, 5) is 7.54. The zero-order valence-electron chi connectivity index (χ0n) is 12.8. The molecule has 3 aromatic rings. The van der Waals surface area contributed by atoms with Crippen molar-refractivity contribution in [3.63, 3.8) is 0 Å². The zero-order chi connectivity index (χ0) is 16.1. The highest BCUT2D eigenvalue weighted by Gasteiger charge is 2.29. The van der Waals surface area contributed by atoms with Crippen LogP contribution in [-0.2, 0) is 6.54 Å². The first-order valence-electron chi connectivity index (χ1n) is 7.37. The average Bonchev–Trinajstić information content (AvgIpc) is 3.08. The number of nitrogens with one attached hydrogen (secondary N) is 1. The van der Waals surface area contributed by atoms with Crippen LogP contribution in [0.4, 0.5) is 4.39 Å². The lowest BCUT2D eigenvalue weighted by atomic mass is 10.0. The van der Waals surface area contributed by atoms with E-state index < -0.39 is 0 Å². The minimum Gasteiger partial charge on any atom is -0.623 e. The Balaban J connectivity index is 2.09. The third-order valence-electron chi connectivity index (χ3n) is 4.26. The van der Waals surface area contributed by atoms with Gasteiger partial charge in [-0.1, -0.05) is 0 Å². The van der Waals surface area contributed by atoms with Crippen LogP contribution >= 0.6 is 0 Å². The molecule has 0 amide bonds. The molecule has 0 spiro atoms. The van der Waals surface area contributed by atoms with Crippen molar-refractivity contribution in [1.29, 1.82) is 0 Å². The molecular formula is C17H15FN4O. The van der Waals surface area contributed by atoms with Gasteiger partial charge in [0.25, 0.3) is 0 Å². The fraction of sp³-hybridized carbons (Fsp3) is 0.176. The van der Waals surface area contributed by atoms with Gasteiger partial charge in [0.1, 0.15) is 11.5 Å². The maximum atomic E-state index is 13.9. The van der Waals surface area contributed by atoms with Gasteiger partial charge in [-0.3, -0.25) is 4.57 Å². The number of imidazole rings is 1. The number of hydroxylamine groups is 1. The molecule has 23 heavy (non-hydrogen) atoms. The normalized spacial score (nSPS) is 13.7. The van der Waals surface area contributed by atoms with Gasteiger partial charge in [-0.05, 0) is 44.2 Å². The number of rotatable bonds is 1. The molecule has 1 aliphatic heterocycles. The molecule has 1 N–H and O–H groups in total. The molecule has 0 saturated heterocycles. The van der Waals surface area contributed by atoms with Crippen molar-refractivity contribution in [1.82, 2.24) is 14.5 Å². The van der Waals surface area contributed by atoms with E-state index in [4.69, 9.17) is 0 Å². The van der Waals surface area contributed by atoms with Crippen molar-refractivity contribution in [3.8, 4) is 5.69 Å². The first kappa shape index (κ1) is 13.8. The molecule has 0 unspecified atom stereocenters. The smallest absolute Gasteiger partial charge is 0.244 e. The van der Waals surface area contributed by atoms with Gasteiger partial charge in [0.15, 0.2) is 5.82 Å². The molecule has 5 nitrogen and oxygen atoms in total. The third kappa shape index (κ3) is 1.98. The summed E-state index contributed by atoms with van der Waals surface area (Å²) in [6.07, 6.45) is 1.74. The molecule has 116 valence electrons. The Morgan fingerprint density at radius 1 is 1.30 bits per heavy atom. The lowest BCUT2D eigenvalue weighted by Crippen LogP contribution is -2.18. The minimum atomic E-state index is -0.376. The summed E-state index contributed by atoms with van der Waals surface area (Å²) < 4.78 is 16.7.